The van der Waals surface area contributed by atoms with Crippen LogP contribution in [0.5, 0.6) is 5.75 Å². The Morgan fingerprint density at radius 3 is 2.59 bits per heavy atom. The highest BCUT2D eigenvalue weighted by molar-refractivity contribution is 5.88. The van der Waals surface area contributed by atoms with Gasteiger partial charge in [-0.1, -0.05) is 0 Å². The van der Waals surface area contributed by atoms with Crippen molar-refractivity contribution in [2.45, 2.75) is 6.18 Å². The van der Waals surface area contributed by atoms with Crippen LogP contribution in [0, 0.1) is 11.3 Å². The summed E-state index contributed by atoms with van der Waals surface area (Å²) in [4.78, 5) is 10.5. The summed E-state index contributed by atoms with van der Waals surface area (Å²) in [6.45, 7) is -0.546. The van der Waals surface area contributed by atoms with Crippen molar-refractivity contribution in [3.8, 4) is 11.8 Å². The Labute approximate surface area is 93.8 Å². The Balaban J connectivity index is 3.23. The van der Waals surface area contributed by atoms with Gasteiger partial charge in [0, 0.05) is 0 Å². The minimum absolute atomic E-state index is 0.467. The second kappa shape index (κ2) is 4.74. The number of rotatable bonds is 3. The summed E-state index contributed by atoms with van der Waals surface area (Å²) in [5.41, 5.74) is -1.71. The van der Waals surface area contributed by atoms with Crippen LogP contribution in [0.15, 0.2) is 18.2 Å². The van der Waals surface area contributed by atoms with E-state index in [1.165, 1.54) is 6.07 Å². The average Bonchev–Trinajstić information content (AvgIpc) is 2.24. The molecule has 0 heterocycles. The number of nitrogens with zero attached hydrogens (tertiary/aromatic N) is 1. The van der Waals surface area contributed by atoms with Gasteiger partial charge in [-0.15, -0.1) is 0 Å². The Bertz CT molecular complexity index is 477. The first-order valence-electron chi connectivity index (χ1n) is 4.30. The van der Waals surface area contributed by atoms with Crippen LogP contribution in [-0.4, -0.2) is 17.7 Å². The number of benzene rings is 1. The maximum absolute atomic E-state index is 12.6. The van der Waals surface area contributed by atoms with Crippen molar-refractivity contribution in [2.24, 2.45) is 0 Å². The van der Waals surface area contributed by atoms with Gasteiger partial charge in [0.25, 0.3) is 0 Å². The molecule has 0 saturated heterocycles. The highest BCUT2D eigenvalue weighted by Crippen LogP contribution is 2.36. The summed E-state index contributed by atoms with van der Waals surface area (Å²) in [6.07, 6.45) is -4.74. The maximum Gasteiger partial charge on any atom is 0.419 e. The van der Waals surface area contributed by atoms with Gasteiger partial charge in [-0.25, -0.2) is 4.79 Å². The average molecular weight is 245 g/mol. The van der Waals surface area contributed by atoms with Crippen LogP contribution in [0.4, 0.5) is 13.2 Å². The second-order valence-corrected chi connectivity index (χ2v) is 2.96. The van der Waals surface area contributed by atoms with Crippen molar-refractivity contribution in [3.63, 3.8) is 0 Å². The van der Waals surface area contributed by atoms with E-state index in [0.29, 0.717) is 6.07 Å². The molecular formula is C10H6F3NO3. The van der Waals surface area contributed by atoms with E-state index in [1.54, 1.807) is 0 Å². The molecule has 0 unspecified atom stereocenters. The molecule has 0 fully saturated rings. The summed E-state index contributed by atoms with van der Waals surface area (Å²) >= 11 is 0. The van der Waals surface area contributed by atoms with Gasteiger partial charge in [-0.3, -0.25) is 0 Å². The van der Waals surface area contributed by atoms with Crippen molar-refractivity contribution in [3.05, 3.63) is 29.3 Å². The lowest BCUT2D eigenvalue weighted by atomic mass is 10.1. The first-order chi connectivity index (χ1) is 7.86. The lowest BCUT2D eigenvalue weighted by Gasteiger charge is -2.12. The predicted octanol–water partition coefficient (Wildman–Crippen LogP) is 2.31. The van der Waals surface area contributed by atoms with Crippen molar-refractivity contribution in [1.82, 2.24) is 0 Å². The molecule has 1 rings (SSSR count). The lowest BCUT2D eigenvalue weighted by Crippen LogP contribution is -2.11. The molecule has 0 amide bonds. The topological polar surface area (TPSA) is 70.3 Å². The Morgan fingerprint density at radius 2 is 2.12 bits per heavy atom. The number of hydrogen-bond acceptors (Lipinski definition) is 3. The Hall–Kier alpha value is -2.23. The van der Waals surface area contributed by atoms with Crippen LogP contribution in [-0.2, 0) is 6.18 Å². The third kappa shape index (κ3) is 3.11. The molecule has 4 nitrogen and oxygen atoms in total. The fraction of sp³-hybridized carbons (Fsp3) is 0.200. The van der Waals surface area contributed by atoms with Gasteiger partial charge >= 0.3 is 12.1 Å². The third-order valence-electron chi connectivity index (χ3n) is 1.82. The fourth-order valence-electron chi connectivity index (χ4n) is 1.12. The van der Waals surface area contributed by atoms with Crippen LogP contribution >= 0.6 is 0 Å². The summed E-state index contributed by atoms with van der Waals surface area (Å²) < 4.78 is 42.3. The molecule has 0 aliphatic carbocycles. The molecule has 0 bridgehead atoms. The molecule has 0 aliphatic rings. The number of halogens is 3. The molecule has 17 heavy (non-hydrogen) atoms. The van der Waals surface area contributed by atoms with E-state index in [1.807, 2.05) is 0 Å². The van der Waals surface area contributed by atoms with Crippen LogP contribution in [0.3, 0.4) is 0 Å². The monoisotopic (exact) mass is 245 g/mol. The number of carbonyl (C=O) groups is 1. The van der Waals surface area contributed by atoms with E-state index in [-0.39, 0.29) is 0 Å². The molecule has 0 atom stereocenters. The highest BCUT2D eigenvalue weighted by Gasteiger charge is 2.35. The van der Waals surface area contributed by atoms with Crippen LogP contribution in [0.1, 0.15) is 15.9 Å². The van der Waals surface area contributed by atoms with Gasteiger partial charge in [0.2, 0.25) is 0 Å². The summed E-state index contributed by atoms with van der Waals surface area (Å²) in [5, 5.41) is 16.8. The van der Waals surface area contributed by atoms with Crippen molar-refractivity contribution in [1.29, 1.82) is 5.26 Å². The zero-order valence-corrected chi connectivity index (χ0v) is 8.28. The zero-order chi connectivity index (χ0) is 13.1. The van der Waals surface area contributed by atoms with E-state index in [4.69, 9.17) is 10.4 Å². The van der Waals surface area contributed by atoms with E-state index in [0.717, 1.165) is 12.1 Å². The normalized spacial score (nSPS) is 10.7. The number of alkyl halides is 3. The highest BCUT2D eigenvalue weighted by atomic mass is 19.4. The van der Waals surface area contributed by atoms with Crippen molar-refractivity contribution in [2.75, 3.05) is 6.61 Å². The first kappa shape index (κ1) is 12.8. The molecule has 0 spiro atoms. The van der Waals surface area contributed by atoms with Gasteiger partial charge in [0.15, 0.2) is 6.61 Å². The minimum atomic E-state index is -4.74. The van der Waals surface area contributed by atoms with Gasteiger partial charge in [-0.2, -0.15) is 18.4 Å². The standard InChI is InChI=1S/C10H6F3NO3/c11-10(12,13)7-5-6(9(15)16)1-2-8(7)17-4-3-14/h1-2,5H,4H2,(H,15,16). The van der Waals surface area contributed by atoms with Gasteiger partial charge in [0.1, 0.15) is 11.8 Å². The molecule has 90 valence electrons. The maximum atomic E-state index is 12.6. The van der Waals surface area contributed by atoms with E-state index in [2.05, 4.69) is 4.74 Å². The quantitative estimate of drug-likeness (QED) is 0.886. The van der Waals surface area contributed by atoms with Gasteiger partial charge < -0.3 is 9.84 Å². The molecule has 1 N–H and O–H groups in total. The van der Waals surface area contributed by atoms with Crippen LogP contribution in [0.25, 0.3) is 0 Å². The molecule has 0 saturated carbocycles. The molecule has 0 aliphatic heterocycles. The number of carboxylic acids is 1. The minimum Gasteiger partial charge on any atom is -0.478 e. The number of ether oxygens (including phenoxy) is 1. The molecule has 1 aromatic rings. The molecule has 1 aromatic carbocycles. The lowest BCUT2D eigenvalue weighted by molar-refractivity contribution is -0.138. The van der Waals surface area contributed by atoms with Crippen LogP contribution in [0.2, 0.25) is 0 Å². The largest absolute Gasteiger partial charge is 0.478 e. The Morgan fingerprint density at radius 1 is 1.47 bits per heavy atom. The zero-order valence-electron chi connectivity index (χ0n) is 8.28. The second-order valence-electron chi connectivity index (χ2n) is 2.96. The van der Waals surface area contributed by atoms with Gasteiger partial charge in [0.05, 0.1) is 11.1 Å². The molecule has 0 aromatic heterocycles. The number of hydrogen-bond donors (Lipinski definition) is 1. The number of carboxylic acid groups (broad SMARTS) is 1. The summed E-state index contributed by atoms with van der Waals surface area (Å²) in [7, 11) is 0. The van der Waals surface area contributed by atoms with Crippen LogP contribution < -0.4 is 4.74 Å². The van der Waals surface area contributed by atoms with Gasteiger partial charge in [-0.05, 0) is 18.2 Å². The SMILES string of the molecule is N#CCOc1ccc(C(=O)O)cc1C(F)(F)F. The van der Waals surface area contributed by atoms with Crippen molar-refractivity contribution >= 4 is 5.97 Å². The number of nitriles is 1. The predicted molar refractivity (Wildman–Crippen MR) is 49.5 cm³/mol. The van der Waals surface area contributed by atoms with E-state index < -0.39 is 35.6 Å². The molecule has 7 heteroatoms. The third-order valence-corrected chi connectivity index (χ3v) is 1.82. The molecular weight excluding hydrogens is 239 g/mol. The first-order valence-corrected chi connectivity index (χ1v) is 4.30. The molecule has 0 radical (unpaired) electrons. The summed E-state index contributed by atoms with van der Waals surface area (Å²) in [6, 6.07) is 3.85. The Kier molecular flexibility index (Phi) is 3.58. The van der Waals surface area contributed by atoms with E-state index >= 15 is 0 Å². The summed E-state index contributed by atoms with van der Waals surface area (Å²) in [5.74, 6) is -2.04. The smallest absolute Gasteiger partial charge is 0.419 e. The fourth-order valence-corrected chi connectivity index (χ4v) is 1.12. The van der Waals surface area contributed by atoms with E-state index in [9.17, 15) is 18.0 Å². The number of aromatic carboxylic acids is 1. The van der Waals surface area contributed by atoms with Crippen molar-refractivity contribution < 1.29 is 27.8 Å².